The summed E-state index contributed by atoms with van der Waals surface area (Å²) in [5, 5.41) is 3.65. The maximum absolute atomic E-state index is 13.2. The summed E-state index contributed by atoms with van der Waals surface area (Å²) < 4.78 is 18.7. The Morgan fingerprint density at radius 3 is 2.79 bits per heavy atom. The Morgan fingerprint density at radius 1 is 1.18 bits per heavy atom. The van der Waals surface area contributed by atoms with Crippen LogP contribution in [0.1, 0.15) is 23.5 Å². The standard InChI is InChI=1S/C22H18ClFN2O2/c23-20-7-2-1-6-17(20)18-11-19(18)22(27)26-13-14-8-9-21(25-12-14)28-16-5-3-4-15(24)10-16/h1-10,12,18-19H,11,13H2,(H,26,27). The van der Waals surface area contributed by atoms with Gasteiger partial charge in [0.2, 0.25) is 11.8 Å². The molecule has 0 aliphatic heterocycles. The van der Waals surface area contributed by atoms with Gasteiger partial charge in [0.05, 0.1) is 0 Å². The van der Waals surface area contributed by atoms with Crippen LogP contribution in [0.25, 0.3) is 0 Å². The molecule has 1 aliphatic carbocycles. The zero-order chi connectivity index (χ0) is 19.5. The van der Waals surface area contributed by atoms with Crippen LogP contribution >= 0.6 is 11.6 Å². The largest absolute Gasteiger partial charge is 0.439 e. The second kappa shape index (κ2) is 7.98. The van der Waals surface area contributed by atoms with Crippen LogP contribution in [0.3, 0.4) is 0 Å². The van der Waals surface area contributed by atoms with E-state index in [4.69, 9.17) is 16.3 Å². The first-order valence-corrected chi connectivity index (χ1v) is 9.38. The number of amides is 1. The molecule has 1 aliphatic rings. The number of nitrogens with zero attached hydrogens (tertiary/aromatic N) is 1. The topological polar surface area (TPSA) is 51.2 Å². The van der Waals surface area contributed by atoms with Crippen molar-refractivity contribution in [3.8, 4) is 11.6 Å². The number of nitrogens with one attached hydrogen (secondary N) is 1. The van der Waals surface area contributed by atoms with Crippen molar-refractivity contribution in [2.45, 2.75) is 18.9 Å². The molecule has 2 aromatic carbocycles. The normalized spacial score (nSPS) is 17.8. The average molecular weight is 397 g/mol. The maximum Gasteiger partial charge on any atom is 0.224 e. The molecule has 1 fully saturated rings. The second-order valence-electron chi connectivity index (χ2n) is 6.75. The third-order valence-electron chi connectivity index (χ3n) is 4.71. The quantitative estimate of drug-likeness (QED) is 0.631. The highest BCUT2D eigenvalue weighted by molar-refractivity contribution is 6.31. The van der Waals surface area contributed by atoms with E-state index in [0.717, 1.165) is 17.5 Å². The number of ether oxygens (including phenoxy) is 1. The summed E-state index contributed by atoms with van der Waals surface area (Å²) in [6.45, 7) is 0.387. The molecule has 0 saturated heterocycles. The summed E-state index contributed by atoms with van der Waals surface area (Å²) in [4.78, 5) is 16.6. The van der Waals surface area contributed by atoms with Gasteiger partial charge in [-0.15, -0.1) is 0 Å². The van der Waals surface area contributed by atoms with Gasteiger partial charge in [-0.1, -0.05) is 41.9 Å². The van der Waals surface area contributed by atoms with Crippen LogP contribution < -0.4 is 10.1 Å². The van der Waals surface area contributed by atoms with E-state index < -0.39 is 0 Å². The number of halogens is 2. The summed E-state index contributed by atoms with van der Waals surface area (Å²) in [5.41, 5.74) is 1.89. The lowest BCUT2D eigenvalue weighted by molar-refractivity contribution is -0.122. The second-order valence-corrected chi connectivity index (χ2v) is 7.16. The predicted octanol–water partition coefficient (Wildman–Crippen LogP) is 5.09. The summed E-state index contributed by atoms with van der Waals surface area (Å²) >= 11 is 6.21. The van der Waals surface area contributed by atoms with Gasteiger partial charge in [0.15, 0.2) is 0 Å². The zero-order valence-corrected chi connectivity index (χ0v) is 15.7. The van der Waals surface area contributed by atoms with Gasteiger partial charge in [0, 0.05) is 35.8 Å². The molecule has 6 heteroatoms. The molecule has 28 heavy (non-hydrogen) atoms. The Balaban J connectivity index is 1.29. The van der Waals surface area contributed by atoms with Crippen LogP contribution in [0.2, 0.25) is 5.02 Å². The Morgan fingerprint density at radius 2 is 2.04 bits per heavy atom. The molecule has 1 aromatic heterocycles. The van der Waals surface area contributed by atoms with Crippen LogP contribution in [0.15, 0.2) is 66.9 Å². The molecule has 4 rings (SSSR count). The minimum absolute atomic E-state index is 0.0185. The van der Waals surface area contributed by atoms with Gasteiger partial charge in [-0.3, -0.25) is 4.79 Å². The van der Waals surface area contributed by atoms with E-state index in [1.165, 1.54) is 12.1 Å². The van der Waals surface area contributed by atoms with Crippen molar-refractivity contribution < 1.29 is 13.9 Å². The fourth-order valence-corrected chi connectivity index (χ4v) is 3.43. The number of hydrogen-bond donors (Lipinski definition) is 1. The molecule has 2 unspecified atom stereocenters. The van der Waals surface area contributed by atoms with Crippen LogP contribution in [-0.2, 0) is 11.3 Å². The third-order valence-corrected chi connectivity index (χ3v) is 5.06. The van der Waals surface area contributed by atoms with Crippen LogP contribution in [0, 0.1) is 11.7 Å². The Kier molecular flexibility index (Phi) is 5.26. The number of carbonyl (C=O) groups is 1. The van der Waals surface area contributed by atoms with E-state index in [1.54, 1.807) is 24.4 Å². The highest BCUT2D eigenvalue weighted by atomic mass is 35.5. The number of hydrogen-bond acceptors (Lipinski definition) is 3. The predicted molar refractivity (Wildman–Crippen MR) is 105 cm³/mol. The molecule has 4 nitrogen and oxygen atoms in total. The molecule has 1 saturated carbocycles. The highest BCUT2D eigenvalue weighted by Gasteiger charge is 2.44. The highest BCUT2D eigenvalue weighted by Crippen LogP contribution is 2.49. The first-order valence-electron chi connectivity index (χ1n) is 9.00. The Labute approximate surface area is 167 Å². The summed E-state index contributed by atoms with van der Waals surface area (Å²) in [6.07, 6.45) is 2.45. The number of benzene rings is 2. The van der Waals surface area contributed by atoms with E-state index in [2.05, 4.69) is 10.3 Å². The lowest BCUT2D eigenvalue weighted by Gasteiger charge is -2.08. The SMILES string of the molecule is O=C(NCc1ccc(Oc2cccc(F)c2)nc1)C1CC1c1ccccc1Cl. The van der Waals surface area contributed by atoms with Crippen molar-refractivity contribution >= 4 is 17.5 Å². The lowest BCUT2D eigenvalue weighted by Crippen LogP contribution is -2.24. The van der Waals surface area contributed by atoms with Crippen molar-refractivity contribution in [1.82, 2.24) is 10.3 Å². The zero-order valence-electron chi connectivity index (χ0n) is 14.9. The van der Waals surface area contributed by atoms with Gasteiger partial charge in [-0.25, -0.2) is 9.37 Å². The van der Waals surface area contributed by atoms with Crippen LogP contribution in [0.5, 0.6) is 11.6 Å². The van der Waals surface area contributed by atoms with E-state index in [-0.39, 0.29) is 23.6 Å². The minimum atomic E-state index is -0.369. The van der Waals surface area contributed by atoms with Crippen molar-refractivity contribution in [2.24, 2.45) is 5.92 Å². The molecule has 2 atom stereocenters. The smallest absolute Gasteiger partial charge is 0.224 e. The fraction of sp³-hybridized carbons (Fsp3) is 0.182. The minimum Gasteiger partial charge on any atom is -0.439 e. The molecule has 142 valence electrons. The molecule has 1 amide bonds. The monoisotopic (exact) mass is 396 g/mol. The Bertz CT molecular complexity index is 994. The number of carbonyl (C=O) groups excluding carboxylic acids is 1. The maximum atomic E-state index is 13.2. The van der Waals surface area contributed by atoms with Gasteiger partial charge >= 0.3 is 0 Å². The number of rotatable bonds is 6. The van der Waals surface area contributed by atoms with Crippen molar-refractivity contribution in [2.75, 3.05) is 0 Å². The van der Waals surface area contributed by atoms with Crippen LogP contribution in [-0.4, -0.2) is 10.9 Å². The van der Waals surface area contributed by atoms with Gasteiger partial charge in [-0.05, 0) is 41.7 Å². The van der Waals surface area contributed by atoms with Crippen molar-refractivity contribution in [3.63, 3.8) is 0 Å². The number of aromatic nitrogens is 1. The Hall–Kier alpha value is -2.92. The van der Waals surface area contributed by atoms with E-state index in [9.17, 15) is 9.18 Å². The molecular formula is C22H18ClFN2O2. The van der Waals surface area contributed by atoms with Crippen molar-refractivity contribution in [1.29, 1.82) is 0 Å². The molecular weight excluding hydrogens is 379 g/mol. The van der Waals surface area contributed by atoms with Crippen LogP contribution in [0.4, 0.5) is 4.39 Å². The first kappa shape index (κ1) is 18.4. The molecule has 1 N–H and O–H groups in total. The van der Waals surface area contributed by atoms with Gasteiger partial charge in [0.1, 0.15) is 11.6 Å². The van der Waals surface area contributed by atoms with Gasteiger partial charge < -0.3 is 10.1 Å². The van der Waals surface area contributed by atoms with Gasteiger partial charge in [0.25, 0.3) is 0 Å². The molecule has 1 heterocycles. The molecule has 0 bridgehead atoms. The summed E-state index contributed by atoms with van der Waals surface area (Å²) in [5.74, 6) is 0.545. The van der Waals surface area contributed by atoms with Crippen molar-refractivity contribution in [3.05, 3.63) is 88.8 Å². The molecule has 3 aromatic rings. The summed E-state index contributed by atoms with van der Waals surface area (Å²) in [6, 6.07) is 17.0. The molecule has 0 spiro atoms. The van der Waals surface area contributed by atoms with E-state index in [1.807, 2.05) is 30.3 Å². The van der Waals surface area contributed by atoms with E-state index in [0.29, 0.717) is 23.2 Å². The summed E-state index contributed by atoms with van der Waals surface area (Å²) in [7, 11) is 0. The van der Waals surface area contributed by atoms with E-state index >= 15 is 0 Å². The number of pyridine rings is 1. The lowest BCUT2D eigenvalue weighted by atomic mass is 10.1. The van der Waals surface area contributed by atoms with Gasteiger partial charge in [-0.2, -0.15) is 0 Å². The molecule has 0 radical (unpaired) electrons. The average Bonchev–Trinajstić information content (AvgIpc) is 3.48. The third kappa shape index (κ3) is 4.31. The first-order chi connectivity index (χ1) is 13.6. The fourth-order valence-electron chi connectivity index (χ4n) is 3.15.